The maximum Gasteiger partial charge on any atom is 0.124 e. The van der Waals surface area contributed by atoms with Crippen molar-refractivity contribution in [1.82, 2.24) is 14.9 Å². The van der Waals surface area contributed by atoms with Gasteiger partial charge in [-0.1, -0.05) is 56.3 Å². The van der Waals surface area contributed by atoms with Crippen molar-refractivity contribution in [1.29, 1.82) is 0 Å². The molecule has 3 N–H and O–H groups in total. The summed E-state index contributed by atoms with van der Waals surface area (Å²) in [6.07, 6.45) is 1.70. The molecule has 3 aromatic carbocycles. The Morgan fingerprint density at radius 2 is 1.63 bits per heavy atom. The van der Waals surface area contributed by atoms with Gasteiger partial charge in [0.25, 0.3) is 0 Å². The second-order valence-electron chi connectivity index (χ2n) is 8.76. The lowest BCUT2D eigenvalue weighted by atomic mass is 10.1. The number of hydrogen-bond donors (Lipinski definition) is 2. The standard InChI is InChI=1S/C29H36N4O2/c1-3-33(4-2)17-8-18-34-25-15-16-27-28(20-25)32-29(31-27)26(30)19-22-11-13-24(14-12-22)35-21-23-9-6-5-7-10-23/h5-7,9-16,20,26H,3-4,8,17-19,21,30H2,1-2H3,(H,31,32). The molecule has 0 saturated heterocycles. The van der Waals surface area contributed by atoms with Crippen LogP contribution in [-0.2, 0) is 13.0 Å². The SMILES string of the molecule is CCN(CC)CCCOc1ccc2nc(C(N)Cc3ccc(OCc4ccccc4)cc3)[nH]c2c1. The Morgan fingerprint density at radius 1 is 0.886 bits per heavy atom. The zero-order valence-electron chi connectivity index (χ0n) is 20.7. The van der Waals surface area contributed by atoms with Gasteiger partial charge in [-0.2, -0.15) is 0 Å². The lowest BCUT2D eigenvalue weighted by molar-refractivity contribution is 0.249. The largest absolute Gasteiger partial charge is 0.493 e. The van der Waals surface area contributed by atoms with Gasteiger partial charge in [-0.15, -0.1) is 0 Å². The number of aromatic amines is 1. The number of benzene rings is 3. The smallest absolute Gasteiger partial charge is 0.124 e. The van der Waals surface area contributed by atoms with E-state index in [1.165, 1.54) is 0 Å². The second-order valence-corrected chi connectivity index (χ2v) is 8.76. The van der Waals surface area contributed by atoms with Crippen molar-refractivity contribution < 1.29 is 9.47 Å². The van der Waals surface area contributed by atoms with Crippen LogP contribution in [0.1, 0.15) is 43.3 Å². The van der Waals surface area contributed by atoms with Gasteiger partial charge >= 0.3 is 0 Å². The summed E-state index contributed by atoms with van der Waals surface area (Å²) in [5.41, 5.74) is 10.6. The fourth-order valence-corrected chi connectivity index (χ4v) is 4.11. The molecule has 0 aliphatic rings. The van der Waals surface area contributed by atoms with Crippen LogP contribution in [0.5, 0.6) is 11.5 Å². The Balaban J connectivity index is 1.30. The fraction of sp³-hybridized carbons (Fsp3) is 0.345. The number of hydrogen-bond acceptors (Lipinski definition) is 5. The molecule has 0 fully saturated rings. The van der Waals surface area contributed by atoms with E-state index in [4.69, 9.17) is 20.2 Å². The normalized spacial score (nSPS) is 12.2. The maximum atomic E-state index is 6.49. The minimum atomic E-state index is -0.225. The Labute approximate surface area is 208 Å². The molecule has 1 unspecified atom stereocenters. The molecule has 0 radical (unpaired) electrons. The van der Waals surface area contributed by atoms with Crippen molar-refractivity contribution in [2.24, 2.45) is 5.73 Å². The topological polar surface area (TPSA) is 76.4 Å². The number of fused-ring (bicyclic) bond motifs is 1. The summed E-state index contributed by atoms with van der Waals surface area (Å²) in [4.78, 5) is 10.5. The zero-order chi connectivity index (χ0) is 24.5. The van der Waals surface area contributed by atoms with E-state index < -0.39 is 0 Å². The van der Waals surface area contributed by atoms with Crippen molar-refractivity contribution in [3.63, 3.8) is 0 Å². The highest BCUT2D eigenvalue weighted by atomic mass is 16.5. The number of rotatable bonds is 13. The van der Waals surface area contributed by atoms with Crippen LogP contribution in [0.4, 0.5) is 0 Å². The van der Waals surface area contributed by atoms with Crippen molar-refractivity contribution in [3.05, 3.63) is 89.7 Å². The van der Waals surface area contributed by atoms with E-state index in [9.17, 15) is 0 Å². The van der Waals surface area contributed by atoms with Crippen molar-refractivity contribution in [2.45, 2.75) is 39.3 Å². The van der Waals surface area contributed by atoms with E-state index >= 15 is 0 Å². The second kappa shape index (κ2) is 12.4. The molecular formula is C29H36N4O2. The van der Waals surface area contributed by atoms with Crippen LogP contribution >= 0.6 is 0 Å². The Kier molecular flexibility index (Phi) is 8.76. The minimum absolute atomic E-state index is 0.225. The lowest BCUT2D eigenvalue weighted by Crippen LogP contribution is -2.25. The van der Waals surface area contributed by atoms with E-state index in [1.807, 2.05) is 48.5 Å². The van der Waals surface area contributed by atoms with Gasteiger partial charge in [-0.3, -0.25) is 0 Å². The predicted octanol–water partition coefficient (Wildman–Crippen LogP) is 5.50. The molecule has 184 valence electrons. The van der Waals surface area contributed by atoms with Gasteiger partial charge in [-0.25, -0.2) is 4.98 Å². The summed E-state index contributed by atoms with van der Waals surface area (Å²) in [5, 5.41) is 0. The summed E-state index contributed by atoms with van der Waals surface area (Å²) in [6, 6.07) is 24.0. The third-order valence-corrected chi connectivity index (χ3v) is 6.23. The molecule has 1 atom stereocenters. The van der Waals surface area contributed by atoms with Gasteiger partial charge in [0, 0.05) is 12.6 Å². The van der Waals surface area contributed by atoms with Gasteiger partial charge in [0.2, 0.25) is 0 Å². The Hall–Kier alpha value is -3.35. The average Bonchev–Trinajstić information content (AvgIpc) is 3.33. The van der Waals surface area contributed by atoms with Gasteiger partial charge in [0.1, 0.15) is 23.9 Å². The van der Waals surface area contributed by atoms with Crippen LogP contribution < -0.4 is 15.2 Å². The number of imidazole rings is 1. The molecule has 4 rings (SSSR count). The molecule has 35 heavy (non-hydrogen) atoms. The molecule has 0 amide bonds. The van der Waals surface area contributed by atoms with E-state index in [0.29, 0.717) is 19.6 Å². The minimum Gasteiger partial charge on any atom is -0.493 e. The lowest BCUT2D eigenvalue weighted by Gasteiger charge is -2.17. The third-order valence-electron chi connectivity index (χ3n) is 6.23. The Bertz CT molecular complexity index is 1170. The molecule has 0 spiro atoms. The molecular weight excluding hydrogens is 436 g/mol. The Morgan fingerprint density at radius 3 is 2.37 bits per heavy atom. The molecule has 6 heteroatoms. The monoisotopic (exact) mass is 472 g/mol. The molecule has 0 bridgehead atoms. The van der Waals surface area contributed by atoms with Crippen molar-refractivity contribution in [3.8, 4) is 11.5 Å². The molecule has 0 aliphatic heterocycles. The summed E-state index contributed by atoms with van der Waals surface area (Å²) >= 11 is 0. The van der Waals surface area contributed by atoms with Crippen LogP contribution in [-0.4, -0.2) is 41.1 Å². The number of aromatic nitrogens is 2. The number of H-pyrrole nitrogens is 1. The first-order valence-electron chi connectivity index (χ1n) is 12.5. The van der Waals surface area contributed by atoms with Gasteiger partial charge in [0.15, 0.2) is 0 Å². The first-order valence-corrected chi connectivity index (χ1v) is 12.5. The third kappa shape index (κ3) is 7.07. The first-order chi connectivity index (χ1) is 17.1. The predicted molar refractivity (Wildman–Crippen MR) is 142 cm³/mol. The number of nitrogens with zero attached hydrogens (tertiary/aromatic N) is 2. The molecule has 4 aromatic rings. The molecule has 1 heterocycles. The highest BCUT2D eigenvalue weighted by Gasteiger charge is 2.13. The maximum absolute atomic E-state index is 6.49. The van der Waals surface area contributed by atoms with Crippen LogP contribution in [0.2, 0.25) is 0 Å². The fourth-order valence-electron chi connectivity index (χ4n) is 4.11. The van der Waals surface area contributed by atoms with E-state index in [1.54, 1.807) is 0 Å². The molecule has 0 aliphatic carbocycles. The summed E-state index contributed by atoms with van der Waals surface area (Å²) in [7, 11) is 0. The van der Waals surface area contributed by atoms with Crippen molar-refractivity contribution in [2.75, 3.05) is 26.2 Å². The van der Waals surface area contributed by atoms with Gasteiger partial charge in [-0.05, 0) is 61.3 Å². The average molecular weight is 473 g/mol. The quantitative estimate of drug-likeness (QED) is 0.252. The molecule has 0 saturated carbocycles. The number of nitrogens with two attached hydrogens (primary N) is 1. The zero-order valence-corrected chi connectivity index (χ0v) is 20.7. The molecule has 6 nitrogen and oxygen atoms in total. The summed E-state index contributed by atoms with van der Waals surface area (Å²) in [5.74, 6) is 2.48. The van der Waals surface area contributed by atoms with E-state index in [-0.39, 0.29) is 6.04 Å². The number of nitrogens with one attached hydrogen (secondary N) is 1. The highest BCUT2D eigenvalue weighted by molar-refractivity contribution is 5.76. The summed E-state index contributed by atoms with van der Waals surface area (Å²) in [6.45, 7) is 8.84. The van der Waals surface area contributed by atoms with Crippen molar-refractivity contribution >= 4 is 11.0 Å². The van der Waals surface area contributed by atoms with Crippen LogP contribution in [0.15, 0.2) is 72.8 Å². The molecule has 1 aromatic heterocycles. The first kappa shape index (κ1) is 24.8. The van der Waals surface area contributed by atoms with Crippen LogP contribution in [0.3, 0.4) is 0 Å². The highest BCUT2D eigenvalue weighted by Crippen LogP contribution is 2.23. The van der Waals surface area contributed by atoms with Crippen LogP contribution in [0, 0.1) is 0 Å². The van der Waals surface area contributed by atoms with Gasteiger partial charge in [0.05, 0.1) is 23.7 Å². The van der Waals surface area contributed by atoms with Crippen LogP contribution in [0.25, 0.3) is 11.0 Å². The number of ether oxygens (including phenoxy) is 2. The van der Waals surface area contributed by atoms with E-state index in [2.05, 4.69) is 48.0 Å². The van der Waals surface area contributed by atoms with E-state index in [0.717, 1.165) is 65.5 Å². The summed E-state index contributed by atoms with van der Waals surface area (Å²) < 4.78 is 11.8. The van der Waals surface area contributed by atoms with Gasteiger partial charge < -0.3 is 25.1 Å².